The summed E-state index contributed by atoms with van der Waals surface area (Å²) in [6.07, 6.45) is 1.71. The lowest BCUT2D eigenvalue weighted by Gasteiger charge is -2.47. The van der Waals surface area contributed by atoms with Crippen LogP contribution in [0.5, 0.6) is 0 Å². The summed E-state index contributed by atoms with van der Waals surface area (Å²) in [4.78, 5) is 34.8. The number of Topliss-reactive ketones (excluding diaryl/α,β-unsaturated/α-hetero) is 1. The summed E-state index contributed by atoms with van der Waals surface area (Å²) in [6.45, 7) is 20.2. The van der Waals surface area contributed by atoms with Crippen LogP contribution < -0.4 is 0 Å². The molecule has 9 atom stereocenters. The maximum absolute atomic E-state index is 14.2. The molecule has 3 saturated heterocycles. The molecule has 0 saturated carbocycles. The van der Waals surface area contributed by atoms with Gasteiger partial charge >= 0.3 is 5.97 Å². The third-order valence-electron chi connectivity index (χ3n) is 10.9. The van der Waals surface area contributed by atoms with Crippen LogP contribution in [0, 0.1) is 29.1 Å². The maximum Gasteiger partial charge on any atom is 0.319 e. The van der Waals surface area contributed by atoms with Gasteiger partial charge in [-0.2, -0.15) is 0 Å². The van der Waals surface area contributed by atoms with E-state index in [-0.39, 0.29) is 36.5 Å². The molecule has 0 bridgehead atoms. The van der Waals surface area contributed by atoms with Crippen molar-refractivity contribution in [1.29, 1.82) is 0 Å². The number of carbonyl (C=O) groups excluding carboxylic acids is 2. The number of carbonyl (C=O) groups is 2. The average molecular weight is 654 g/mol. The van der Waals surface area contributed by atoms with Gasteiger partial charge in [0.25, 0.3) is 0 Å². The predicted molar refractivity (Wildman–Crippen MR) is 180 cm³/mol. The summed E-state index contributed by atoms with van der Waals surface area (Å²) < 4.78 is 25.1. The van der Waals surface area contributed by atoms with Crippen molar-refractivity contribution < 1.29 is 33.6 Å². The summed E-state index contributed by atoms with van der Waals surface area (Å²) in [7, 11) is 7.64. The zero-order valence-electron chi connectivity index (χ0n) is 31.1. The van der Waals surface area contributed by atoms with Crippen molar-refractivity contribution in [2.75, 3.05) is 61.0 Å². The number of ketones is 1. The average Bonchev–Trinajstić information content (AvgIpc) is 2.98. The lowest BCUT2D eigenvalue weighted by Crippen LogP contribution is -2.59. The number of methoxy groups -OCH3 is 1. The summed E-state index contributed by atoms with van der Waals surface area (Å²) in [5.41, 5.74) is -2.30. The fraction of sp³-hybridized carbons (Fsp3) is 0.944. The molecule has 3 aliphatic rings. The number of aliphatic hydroxyl groups is 1. The molecular formula is C36H67N3O7. The Hall–Kier alpha value is -1.14. The van der Waals surface area contributed by atoms with Crippen molar-refractivity contribution in [3.05, 3.63) is 0 Å². The smallest absolute Gasteiger partial charge is 0.319 e. The lowest BCUT2D eigenvalue weighted by atomic mass is 9.74. The number of cyclic esters (lactones) is 1. The number of hydrogen-bond acceptors (Lipinski definition) is 10. The molecular weight excluding hydrogens is 586 g/mol. The Bertz CT molecular complexity index is 985. The van der Waals surface area contributed by atoms with E-state index in [9.17, 15) is 14.7 Å². The van der Waals surface area contributed by atoms with Gasteiger partial charge in [-0.15, -0.1) is 0 Å². The number of piperidine rings is 1. The van der Waals surface area contributed by atoms with Gasteiger partial charge in [0.15, 0.2) is 12.1 Å². The normalized spacial score (nSPS) is 38.3. The second kappa shape index (κ2) is 16.5. The van der Waals surface area contributed by atoms with Gasteiger partial charge in [-0.25, -0.2) is 0 Å². The minimum atomic E-state index is -1.40. The number of ether oxygens (including phenoxy) is 4. The molecule has 3 rings (SSSR count). The van der Waals surface area contributed by atoms with Crippen LogP contribution in [0.3, 0.4) is 0 Å². The molecule has 0 aliphatic carbocycles. The molecule has 0 spiro atoms. The van der Waals surface area contributed by atoms with E-state index in [0.29, 0.717) is 24.7 Å². The van der Waals surface area contributed by atoms with Crippen LogP contribution in [0.4, 0.5) is 0 Å². The third kappa shape index (κ3) is 9.73. The van der Waals surface area contributed by atoms with Crippen LogP contribution in [0.2, 0.25) is 0 Å². The maximum atomic E-state index is 14.2. The molecule has 268 valence electrons. The summed E-state index contributed by atoms with van der Waals surface area (Å²) >= 11 is 0. The van der Waals surface area contributed by atoms with Gasteiger partial charge in [0.05, 0.1) is 17.8 Å². The summed E-state index contributed by atoms with van der Waals surface area (Å²) in [6, 6.07) is -0.116. The van der Waals surface area contributed by atoms with Gasteiger partial charge in [0.1, 0.15) is 18.1 Å². The zero-order valence-corrected chi connectivity index (χ0v) is 31.1. The van der Waals surface area contributed by atoms with Crippen molar-refractivity contribution in [3.8, 4) is 0 Å². The second-order valence-corrected chi connectivity index (χ2v) is 16.3. The van der Waals surface area contributed by atoms with E-state index in [1.165, 1.54) is 0 Å². The standard InChI is InChI=1S/C36H67N3O7/c1-23(2)20-39-15-13-27(14-16-39)18-28-22-44-34(42)35(6,7)31(41)26(5)32(36(8,43-12)19-24(3)21-38(28)11)46-33-30(40)29(37(9)10)17-25(4)45-33/h23-30,32-33,40H,13-22H2,1-12H3/t24-,25-,26+,28+,29+,30-,32-,33+,36-/m1/s1. The number of likely N-dealkylation sites (tertiary alicyclic amines) is 1. The fourth-order valence-corrected chi connectivity index (χ4v) is 8.14. The first kappa shape index (κ1) is 39.3. The van der Waals surface area contributed by atoms with E-state index in [2.05, 4.69) is 37.6 Å². The van der Waals surface area contributed by atoms with Crippen molar-refractivity contribution >= 4 is 11.8 Å². The van der Waals surface area contributed by atoms with Gasteiger partial charge < -0.3 is 33.9 Å². The number of likely N-dealkylation sites (N-methyl/N-ethyl adjacent to an activating group) is 2. The van der Waals surface area contributed by atoms with Gasteiger partial charge in [-0.1, -0.05) is 27.7 Å². The number of aliphatic hydroxyl groups excluding tert-OH is 1. The fourth-order valence-electron chi connectivity index (χ4n) is 8.14. The molecule has 0 radical (unpaired) electrons. The monoisotopic (exact) mass is 653 g/mol. The first-order valence-electron chi connectivity index (χ1n) is 17.7. The molecule has 3 fully saturated rings. The summed E-state index contributed by atoms with van der Waals surface area (Å²) in [5, 5.41) is 11.3. The van der Waals surface area contributed by atoms with E-state index < -0.39 is 41.4 Å². The molecule has 3 heterocycles. The highest BCUT2D eigenvalue weighted by Crippen LogP contribution is 2.38. The molecule has 0 amide bonds. The Kier molecular flexibility index (Phi) is 14.1. The quantitative estimate of drug-likeness (QED) is 0.305. The molecule has 10 nitrogen and oxygen atoms in total. The van der Waals surface area contributed by atoms with E-state index in [1.54, 1.807) is 27.9 Å². The zero-order chi connectivity index (χ0) is 34.6. The van der Waals surface area contributed by atoms with Crippen LogP contribution in [-0.2, 0) is 28.5 Å². The highest BCUT2D eigenvalue weighted by atomic mass is 16.7. The van der Waals surface area contributed by atoms with E-state index in [0.717, 1.165) is 45.4 Å². The molecule has 0 aromatic heterocycles. The van der Waals surface area contributed by atoms with E-state index >= 15 is 0 Å². The van der Waals surface area contributed by atoms with Gasteiger partial charge in [-0.05, 0) is 112 Å². The first-order chi connectivity index (χ1) is 21.4. The van der Waals surface area contributed by atoms with Gasteiger partial charge in [0.2, 0.25) is 0 Å². The van der Waals surface area contributed by atoms with E-state index in [1.807, 2.05) is 32.8 Å². The second-order valence-electron chi connectivity index (χ2n) is 16.3. The van der Waals surface area contributed by atoms with Crippen molar-refractivity contribution in [3.63, 3.8) is 0 Å². The van der Waals surface area contributed by atoms with Crippen molar-refractivity contribution in [1.82, 2.24) is 14.7 Å². The molecule has 3 aliphatic heterocycles. The Morgan fingerprint density at radius 3 is 2.28 bits per heavy atom. The molecule has 0 aromatic rings. The molecule has 10 heteroatoms. The summed E-state index contributed by atoms with van der Waals surface area (Å²) in [5.74, 6) is -0.135. The van der Waals surface area contributed by atoms with Crippen LogP contribution in [-0.4, -0.2) is 135 Å². The van der Waals surface area contributed by atoms with Crippen LogP contribution in [0.15, 0.2) is 0 Å². The molecule has 1 N–H and O–H groups in total. The Labute approximate surface area is 279 Å². The van der Waals surface area contributed by atoms with Crippen LogP contribution >= 0.6 is 0 Å². The van der Waals surface area contributed by atoms with Gasteiger partial charge in [-0.3, -0.25) is 14.5 Å². The lowest BCUT2D eigenvalue weighted by molar-refractivity contribution is -0.295. The molecule has 0 aromatic carbocycles. The van der Waals surface area contributed by atoms with Crippen molar-refractivity contribution in [2.24, 2.45) is 29.1 Å². The number of esters is 1. The highest BCUT2D eigenvalue weighted by molar-refractivity contribution is 6.04. The molecule has 46 heavy (non-hydrogen) atoms. The van der Waals surface area contributed by atoms with Crippen LogP contribution in [0.25, 0.3) is 0 Å². The van der Waals surface area contributed by atoms with Crippen molar-refractivity contribution in [2.45, 2.75) is 130 Å². The van der Waals surface area contributed by atoms with Gasteiger partial charge in [0, 0.05) is 38.2 Å². The largest absolute Gasteiger partial charge is 0.463 e. The Morgan fingerprint density at radius 2 is 1.72 bits per heavy atom. The number of nitrogens with zero attached hydrogens (tertiary/aromatic N) is 3. The van der Waals surface area contributed by atoms with Crippen LogP contribution in [0.1, 0.15) is 87.5 Å². The predicted octanol–water partition coefficient (Wildman–Crippen LogP) is 4.08. The Balaban J connectivity index is 1.89. The number of rotatable bonds is 8. The topological polar surface area (TPSA) is 101 Å². The number of hydrogen-bond donors (Lipinski definition) is 1. The third-order valence-corrected chi connectivity index (χ3v) is 10.9. The first-order valence-corrected chi connectivity index (χ1v) is 17.7. The Morgan fingerprint density at radius 1 is 1.09 bits per heavy atom. The molecule has 0 unspecified atom stereocenters. The SMILES string of the molecule is CO[C@]1(C)C[C@@H](C)CN(C)[C@@H](CC2CCN(CC(C)C)CC2)COC(=O)C(C)(C)C(=O)[C@H](C)[C@H]1O[C@@H]1O[C@H](C)C[C@H](N(C)C)[C@H]1O. The van der Waals surface area contributed by atoms with E-state index in [4.69, 9.17) is 18.9 Å². The highest BCUT2D eigenvalue weighted by Gasteiger charge is 2.51. The minimum Gasteiger partial charge on any atom is -0.463 e. The minimum absolute atomic E-state index is 0.0493.